The first-order valence-electron chi connectivity index (χ1n) is 13.0. The molecule has 2 aromatic carbocycles. The van der Waals surface area contributed by atoms with E-state index in [9.17, 15) is 32.7 Å². The van der Waals surface area contributed by atoms with Crippen LogP contribution in [-0.4, -0.2) is 56.6 Å². The number of benzene rings is 2. The average molecular weight is 560 g/mol. The predicted octanol–water partition coefficient (Wildman–Crippen LogP) is 4.72. The summed E-state index contributed by atoms with van der Waals surface area (Å²) in [4.78, 5) is 42.2. The van der Waals surface area contributed by atoms with E-state index in [1.807, 2.05) is 0 Å². The number of amides is 3. The standard InChI is InChI=1S/C30H36F3N3O4/c1-19(2)25-26(38)36(23(22-15-11-8-12-16-22)18-35(25)27(39)28(4,5)6)24(17-21-13-9-7-10-14-21)29(40,30(31,32)33)34-20(3)37/h7-16,18-19,24-25,40H,17H2,1-6H3,(H,34,37). The minimum absolute atomic E-state index is 0.00550. The van der Waals surface area contributed by atoms with Crippen molar-refractivity contribution >= 4 is 23.4 Å². The van der Waals surface area contributed by atoms with Gasteiger partial charge in [0.1, 0.15) is 6.04 Å². The Morgan fingerprint density at radius 2 is 1.50 bits per heavy atom. The molecule has 3 unspecified atom stereocenters. The lowest BCUT2D eigenvalue weighted by Crippen LogP contribution is -2.72. The van der Waals surface area contributed by atoms with Crippen molar-refractivity contribution in [2.45, 2.75) is 71.9 Å². The third kappa shape index (κ3) is 6.22. The van der Waals surface area contributed by atoms with Gasteiger partial charge in [0.05, 0.1) is 11.7 Å². The molecule has 3 rings (SSSR count). The normalized spacial score (nSPS) is 18.7. The smallest absolute Gasteiger partial charge is 0.362 e. The maximum Gasteiger partial charge on any atom is 0.438 e. The lowest BCUT2D eigenvalue weighted by atomic mass is 9.87. The highest BCUT2D eigenvalue weighted by molar-refractivity contribution is 5.98. The van der Waals surface area contributed by atoms with Crippen molar-refractivity contribution in [3.05, 3.63) is 78.0 Å². The highest BCUT2D eigenvalue weighted by Gasteiger charge is 2.63. The Labute approximate surface area is 232 Å². The summed E-state index contributed by atoms with van der Waals surface area (Å²) in [5.74, 6) is -2.81. The van der Waals surface area contributed by atoms with Crippen LogP contribution in [0.2, 0.25) is 0 Å². The molecular weight excluding hydrogens is 523 g/mol. The number of rotatable bonds is 7. The Kier molecular flexibility index (Phi) is 8.84. The quantitative estimate of drug-likeness (QED) is 0.481. The fraction of sp³-hybridized carbons (Fsp3) is 0.433. The monoisotopic (exact) mass is 559 g/mol. The van der Waals surface area contributed by atoms with Gasteiger partial charge < -0.3 is 15.3 Å². The minimum Gasteiger partial charge on any atom is -0.362 e. The first-order chi connectivity index (χ1) is 18.5. The van der Waals surface area contributed by atoms with Crippen LogP contribution >= 0.6 is 0 Å². The van der Waals surface area contributed by atoms with Crippen LogP contribution < -0.4 is 5.32 Å². The number of halogens is 3. The summed E-state index contributed by atoms with van der Waals surface area (Å²) < 4.78 is 44.3. The molecule has 2 N–H and O–H groups in total. The van der Waals surface area contributed by atoms with Crippen LogP contribution in [0.3, 0.4) is 0 Å². The van der Waals surface area contributed by atoms with Crippen LogP contribution in [-0.2, 0) is 20.8 Å². The Morgan fingerprint density at radius 3 is 1.95 bits per heavy atom. The van der Waals surface area contributed by atoms with Gasteiger partial charge in [-0.1, -0.05) is 95.3 Å². The number of nitrogens with one attached hydrogen (secondary N) is 1. The summed E-state index contributed by atoms with van der Waals surface area (Å²) in [6, 6.07) is 13.1. The van der Waals surface area contributed by atoms with Gasteiger partial charge in [0, 0.05) is 18.5 Å². The van der Waals surface area contributed by atoms with Crippen LogP contribution in [0.4, 0.5) is 13.2 Å². The van der Waals surface area contributed by atoms with Gasteiger partial charge in [-0.25, -0.2) is 0 Å². The highest BCUT2D eigenvalue weighted by Crippen LogP contribution is 2.41. The molecule has 0 aliphatic carbocycles. The van der Waals surface area contributed by atoms with Crippen molar-refractivity contribution in [3.63, 3.8) is 0 Å². The van der Waals surface area contributed by atoms with Gasteiger partial charge in [-0.15, -0.1) is 0 Å². The number of nitrogens with zero attached hydrogens (tertiary/aromatic N) is 2. The number of hydrogen-bond donors (Lipinski definition) is 2. The molecule has 0 saturated carbocycles. The number of aliphatic hydroxyl groups is 1. The van der Waals surface area contributed by atoms with Gasteiger partial charge in [0.2, 0.25) is 11.8 Å². The van der Waals surface area contributed by atoms with Crippen molar-refractivity contribution in [1.29, 1.82) is 0 Å². The molecule has 7 nitrogen and oxygen atoms in total. The van der Waals surface area contributed by atoms with E-state index in [1.54, 1.807) is 101 Å². The summed E-state index contributed by atoms with van der Waals surface area (Å²) in [5, 5.41) is 13.0. The lowest BCUT2D eigenvalue weighted by Gasteiger charge is -2.49. The Morgan fingerprint density at radius 1 is 0.975 bits per heavy atom. The molecule has 1 aliphatic rings. The van der Waals surface area contributed by atoms with Crippen LogP contribution in [0.15, 0.2) is 66.9 Å². The molecule has 0 aromatic heterocycles. The molecule has 3 atom stereocenters. The first kappa shape index (κ1) is 30.9. The minimum atomic E-state index is -5.37. The SMILES string of the molecule is CC(=O)NC(O)(C(Cc1ccccc1)N1C(=O)C(C(C)C)N(C(=O)C(C)(C)C)C=C1c1ccccc1)C(F)(F)F. The van der Waals surface area contributed by atoms with Crippen molar-refractivity contribution in [1.82, 2.24) is 15.1 Å². The van der Waals surface area contributed by atoms with Crippen molar-refractivity contribution in [2.24, 2.45) is 11.3 Å². The second-order valence-electron chi connectivity index (χ2n) is 11.4. The van der Waals surface area contributed by atoms with Gasteiger partial charge in [-0.3, -0.25) is 19.3 Å². The first-order valence-corrected chi connectivity index (χ1v) is 13.0. The molecule has 0 radical (unpaired) electrons. The zero-order chi connectivity index (χ0) is 30.0. The summed E-state index contributed by atoms with van der Waals surface area (Å²) >= 11 is 0. The second kappa shape index (κ2) is 11.4. The number of hydrogen-bond acceptors (Lipinski definition) is 4. The molecule has 40 heavy (non-hydrogen) atoms. The third-order valence-corrected chi connectivity index (χ3v) is 6.75. The molecule has 0 fully saturated rings. The molecule has 216 valence electrons. The van der Waals surface area contributed by atoms with Gasteiger partial charge in [0.25, 0.3) is 11.6 Å². The molecule has 10 heteroatoms. The molecule has 1 aliphatic heterocycles. The molecule has 2 aromatic rings. The molecular formula is C30H36F3N3O4. The van der Waals surface area contributed by atoms with Gasteiger partial charge in [-0.2, -0.15) is 13.2 Å². The number of alkyl halides is 3. The van der Waals surface area contributed by atoms with E-state index in [2.05, 4.69) is 0 Å². The summed E-state index contributed by atoms with van der Waals surface area (Å²) in [6.07, 6.45) is -4.44. The Hall–Kier alpha value is -3.66. The van der Waals surface area contributed by atoms with Crippen molar-refractivity contribution < 1.29 is 32.7 Å². The van der Waals surface area contributed by atoms with Crippen molar-refractivity contribution in [3.8, 4) is 0 Å². The van der Waals surface area contributed by atoms with E-state index >= 15 is 0 Å². The summed E-state index contributed by atoms with van der Waals surface area (Å²) in [6.45, 7) is 9.33. The van der Waals surface area contributed by atoms with Crippen LogP contribution in [0.1, 0.15) is 52.7 Å². The maximum atomic E-state index is 14.8. The average Bonchev–Trinajstić information content (AvgIpc) is 2.85. The highest BCUT2D eigenvalue weighted by atomic mass is 19.4. The van der Waals surface area contributed by atoms with Crippen LogP contribution in [0, 0.1) is 11.3 Å². The molecule has 3 amide bonds. The third-order valence-electron chi connectivity index (χ3n) is 6.75. The maximum absolute atomic E-state index is 14.8. The van der Waals surface area contributed by atoms with Gasteiger partial charge in [0.15, 0.2) is 0 Å². The Balaban J connectivity index is 2.38. The number of carbonyl (C=O) groups excluding carboxylic acids is 3. The molecule has 0 saturated heterocycles. The number of carbonyl (C=O) groups is 3. The molecule has 0 spiro atoms. The zero-order valence-electron chi connectivity index (χ0n) is 23.5. The van der Waals surface area contributed by atoms with E-state index in [0.717, 1.165) is 11.8 Å². The van der Waals surface area contributed by atoms with E-state index < -0.39 is 53.6 Å². The fourth-order valence-corrected chi connectivity index (χ4v) is 4.85. The van der Waals surface area contributed by atoms with E-state index in [0.29, 0.717) is 11.1 Å². The second-order valence-corrected chi connectivity index (χ2v) is 11.4. The molecule has 0 bridgehead atoms. The van der Waals surface area contributed by atoms with E-state index in [-0.39, 0.29) is 11.6 Å². The van der Waals surface area contributed by atoms with Crippen molar-refractivity contribution in [2.75, 3.05) is 0 Å². The summed E-state index contributed by atoms with van der Waals surface area (Å²) in [7, 11) is 0. The van der Waals surface area contributed by atoms with Crippen LogP contribution in [0.5, 0.6) is 0 Å². The van der Waals surface area contributed by atoms with Gasteiger partial charge in [-0.05, 0) is 23.5 Å². The largest absolute Gasteiger partial charge is 0.438 e. The van der Waals surface area contributed by atoms with E-state index in [4.69, 9.17) is 0 Å². The van der Waals surface area contributed by atoms with Crippen LogP contribution in [0.25, 0.3) is 5.70 Å². The van der Waals surface area contributed by atoms with Gasteiger partial charge >= 0.3 is 6.18 Å². The topological polar surface area (TPSA) is 89.9 Å². The summed E-state index contributed by atoms with van der Waals surface area (Å²) in [5.41, 5.74) is -3.98. The Bertz CT molecular complexity index is 1260. The molecule has 1 heterocycles. The predicted molar refractivity (Wildman–Crippen MR) is 145 cm³/mol. The lowest BCUT2D eigenvalue weighted by molar-refractivity contribution is -0.287. The van der Waals surface area contributed by atoms with E-state index in [1.165, 1.54) is 11.1 Å². The fourth-order valence-electron chi connectivity index (χ4n) is 4.85. The zero-order valence-corrected chi connectivity index (χ0v) is 23.5.